The van der Waals surface area contributed by atoms with E-state index in [4.69, 9.17) is 14.2 Å². The molecule has 6 rings (SSSR count). The summed E-state index contributed by atoms with van der Waals surface area (Å²) in [4.78, 5) is 21.1. The summed E-state index contributed by atoms with van der Waals surface area (Å²) in [6, 6.07) is 18.1. The van der Waals surface area contributed by atoms with E-state index in [9.17, 15) is 15.0 Å². The van der Waals surface area contributed by atoms with Crippen molar-refractivity contribution >= 4 is 5.91 Å². The first-order valence-electron chi connectivity index (χ1n) is 14.3. The third kappa shape index (κ3) is 6.48. The molecule has 2 aromatic carbocycles. The number of nitrogens with zero attached hydrogens (tertiary/aromatic N) is 3. The van der Waals surface area contributed by atoms with Crippen LogP contribution in [0.25, 0.3) is 0 Å². The second-order valence-corrected chi connectivity index (χ2v) is 11.2. The number of amides is 1. The molecule has 3 aliphatic rings. The van der Waals surface area contributed by atoms with Crippen LogP contribution in [0.3, 0.4) is 0 Å². The standard InChI is InChI=1S/C32H37N3O6/c1-39-31-14-24(8-9-30(31)41-20-21-2-4-22(5-3-21)23-6-7-23)25-16-35(17-25)32(38)27-15-26(10-11-33-27)40-13-12-34-18-28(36)29(37)19-34/h2-5,8-11,14-15,23,25,28-29,36-37H,6-7,12-13,16-20H2,1H3/t28-,29+. The number of likely N-dealkylation sites (tertiary alicyclic amines) is 2. The third-order valence-corrected chi connectivity index (χ3v) is 8.21. The molecule has 0 spiro atoms. The lowest BCUT2D eigenvalue weighted by Crippen LogP contribution is -2.48. The van der Waals surface area contributed by atoms with Crippen LogP contribution in [0.1, 0.15) is 51.9 Å². The molecule has 3 fully saturated rings. The summed E-state index contributed by atoms with van der Waals surface area (Å²) >= 11 is 0. The second kappa shape index (κ2) is 12.1. The van der Waals surface area contributed by atoms with E-state index in [1.54, 1.807) is 30.3 Å². The topological polar surface area (TPSA) is 105 Å². The van der Waals surface area contributed by atoms with Gasteiger partial charge in [-0.2, -0.15) is 0 Å². The maximum atomic E-state index is 13.1. The zero-order valence-electron chi connectivity index (χ0n) is 23.3. The van der Waals surface area contributed by atoms with Gasteiger partial charge in [-0.05, 0) is 53.6 Å². The number of aliphatic hydroxyl groups excluding tert-OH is 2. The minimum atomic E-state index is -0.715. The molecule has 1 saturated carbocycles. The van der Waals surface area contributed by atoms with Crippen LogP contribution in [0.15, 0.2) is 60.8 Å². The zero-order chi connectivity index (χ0) is 28.3. The van der Waals surface area contributed by atoms with Crippen molar-refractivity contribution in [3.05, 3.63) is 83.2 Å². The number of ether oxygens (including phenoxy) is 3. The lowest BCUT2D eigenvalue weighted by Gasteiger charge is -2.39. The van der Waals surface area contributed by atoms with Gasteiger partial charge < -0.3 is 29.3 Å². The number of carbonyl (C=O) groups excluding carboxylic acids is 1. The van der Waals surface area contributed by atoms with Crippen LogP contribution >= 0.6 is 0 Å². The van der Waals surface area contributed by atoms with Crippen LogP contribution in [0.2, 0.25) is 0 Å². The van der Waals surface area contributed by atoms with Crippen molar-refractivity contribution in [2.75, 3.05) is 46.4 Å². The van der Waals surface area contributed by atoms with Gasteiger partial charge >= 0.3 is 0 Å². The Bertz CT molecular complexity index is 1350. The monoisotopic (exact) mass is 559 g/mol. The number of methoxy groups -OCH3 is 1. The van der Waals surface area contributed by atoms with E-state index >= 15 is 0 Å². The van der Waals surface area contributed by atoms with Crippen molar-refractivity contribution in [2.24, 2.45) is 0 Å². The summed E-state index contributed by atoms with van der Waals surface area (Å²) in [5.41, 5.74) is 3.99. The van der Waals surface area contributed by atoms with Gasteiger partial charge in [0.05, 0.1) is 19.3 Å². The van der Waals surface area contributed by atoms with E-state index in [1.165, 1.54) is 18.4 Å². The third-order valence-electron chi connectivity index (χ3n) is 8.21. The molecule has 1 amide bonds. The number of benzene rings is 2. The number of hydrogen-bond donors (Lipinski definition) is 2. The Morgan fingerprint density at radius 3 is 2.32 bits per heavy atom. The number of rotatable bonds is 11. The van der Waals surface area contributed by atoms with Crippen molar-refractivity contribution in [3.8, 4) is 17.2 Å². The fourth-order valence-electron chi connectivity index (χ4n) is 5.48. The number of aliphatic hydroxyl groups is 2. The summed E-state index contributed by atoms with van der Waals surface area (Å²) in [6.07, 6.45) is 2.74. The van der Waals surface area contributed by atoms with Crippen LogP contribution in [-0.4, -0.2) is 89.6 Å². The molecule has 216 valence electrons. The maximum Gasteiger partial charge on any atom is 0.272 e. The molecule has 1 aromatic heterocycles. The average molecular weight is 560 g/mol. The number of β-amino-alcohol motifs (C(OH)–C–C–N with tert-alkyl or cyclic N) is 2. The molecule has 9 nitrogen and oxygen atoms in total. The van der Waals surface area contributed by atoms with Crippen LogP contribution in [0, 0.1) is 0 Å². The van der Waals surface area contributed by atoms with Gasteiger partial charge in [0, 0.05) is 50.9 Å². The number of pyridine rings is 1. The predicted octanol–water partition coefficient (Wildman–Crippen LogP) is 3.20. The molecule has 0 unspecified atom stereocenters. The maximum absolute atomic E-state index is 13.1. The molecule has 0 bridgehead atoms. The second-order valence-electron chi connectivity index (χ2n) is 11.2. The summed E-state index contributed by atoms with van der Waals surface area (Å²) in [7, 11) is 1.64. The first kappa shape index (κ1) is 27.5. The van der Waals surface area contributed by atoms with Crippen molar-refractivity contribution in [1.29, 1.82) is 0 Å². The van der Waals surface area contributed by atoms with Gasteiger partial charge in [0.2, 0.25) is 0 Å². The summed E-state index contributed by atoms with van der Waals surface area (Å²) < 4.78 is 17.5. The van der Waals surface area contributed by atoms with Gasteiger partial charge in [-0.25, -0.2) is 0 Å². The molecule has 2 aliphatic heterocycles. The fourth-order valence-corrected chi connectivity index (χ4v) is 5.48. The smallest absolute Gasteiger partial charge is 0.272 e. The number of aromatic nitrogens is 1. The van der Waals surface area contributed by atoms with E-state index in [1.807, 2.05) is 23.1 Å². The molecule has 2 saturated heterocycles. The molecule has 3 aromatic rings. The Balaban J connectivity index is 0.990. The molecule has 1 aliphatic carbocycles. The minimum absolute atomic E-state index is 0.128. The van der Waals surface area contributed by atoms with Gasteiger partial charge in [0.15, 0.2) is 11.5 Å². The highest BCUT2D eigenvalue weighted by Crippen LogP contribution is 2.40. The molecule has 2 N–H and O–H groups in total. The highest BCUT2D eigenvalue weighted by molar-refractivity contribution is 5.93. The van der Waals surface area contributed by atoms with Crippen molar-refractivity contribution in [1.82, 2.24) is 14.8 Å². The Morgan fingerprint density at radius 1 is 0.878 bits per heavy atom. The number of hydrogen-bond acceptors (Lipinski definition) is 8. The van der Waals surface area contributed by atoms with E-state index in [0.717, 1.165) is 17.0 Å². The van der Waals surface area contributed by atoms with Crippen molar-refractivity contribution < 1.29 is 29.2 Å². The first-order chi connectivity index (χ1) is 20.0. The molecular formula is C32H37N3O6. The van der Waals surface area contributed by atoms with Gasteiger partial charge in [-0.15, -0.1) is 0 Å². The summed E-state index contributed by atoms with van der Waals surface area (Å²) in [5.74, 6) is 2.79. The Labute approximate surface area is 240 Å². The number of carbonyl (C=O) groups is 1. The highest BCUT2D eigenvalue weighted by Gasteiger charge is 2.34. The summed E-state index contributed by atoms with van der Waals surface area (Å²) in [5, 5.41) is 19.4. The Morgan fingerprint density at radius 2 is 1.61 bits per heavy atom. The Kier molecular flexibility index (Phi) is 8.09. The average Bonchev–Trinajstić information content (AvgIpc) is 3.76. The van der Waals surface area contributed by atoms with Crippen LogP contribution in [0.4, 0.5) is 0 Å². The first-order valence-corrected chi connectivity index (χ1v) is 14.3. The molecule has 3 heterocycles. The molecule has 41 heavy (non-hydrogen) atoms. The molecule has 9 heteroatoms. The molecule has 2 atom stereocenters. The van der Waals surface area contributed by atoms with Gasteiger partial charge in [-0.3, -0.25) is 14.7 Å². The largest absolute Gasteiger partial charge is 0.493 e. The van der Waals surface area contributed by atoms with E-state index in [2.05, 4.69) is 29.2 Å². The minimum Gasteiger partial charge on any atom is -0.493 e. The quantitative estimate of drug-likeness (QED) is 0.369. The van der Waals surface area contributed by atoms with Crippen LogP contribution < -0.4 is 14.2 Å². The lowest BCUT2D eigenvalue weighted by atomic mass is 9.91. The van der Waals surface area contributed by atoms with Crippen LogP contribution in [-0.2, 0) is 6.61 Å². The van der Waals surface area contributed by atoms with Gasteiger partial charge in [-0.1, -0.05) is 30.3 Å². The van der Waals surface area contributed by atoms with Gasteiger partial charge in [0.1, 0.15) is 24.7 Å². The zero-order valence-corrected chi connectivity index (χ0v) is 23.3. The van der Waals surface area contributed by atoms with Crippen molar-refractivity contribution in [2.45, 2.75) is 43.5 Å². The van der Waals surface area contributed by atoms with Crippen LogP contribution in [0.5, 0.6) is 17.2 Å². The normalized spacial score (nSPS) is 21.0. The van der Waals surface area contributed by atoms with E-state index in [-0.39, 0.29) is 11.8 Å². The molecule has 0 radical (unpaired) electrons. The van der Waals surface area contributed by atoms with Crippen molar-refractivity contribution in [3.63, 3.8) is 0 Å². The lowest BCUT2D eigenvalue weighted by molar-refractivity contribution is 0.0572. The van der Waals surface area contributed by atoms with E-state index in [0.29, 0.717) is 68.9 Å². The Hall–Kier alpha value is -3.66. The van der Waals surface area contributed by atoms with E-state index < -0.39 is 12.2 Å². The molecular weight excluding hydrogens is 522 g/mol. The SMILES string of the molecule is COc1cc(C2CN(C(=O)c3cc(OCCN4C[C@@H](O)[C@@H](O)C4)ccn3)C2)ccc1OCc1ccc(C2CC2)cc1. The predicted molar refractivity (Wildman–Crippen MR) is 153 cm³/mol. The van der Waals surface area contributed by atoms with Gasteiger partial charge in [0.25, 0.3) is 5.91 Å². The summed E-state index contributed by atoms with van der Waals surface area (Å²) in [6.45, 7) is 3.50. The fraction of sp³-hybridized carbons (Fsp3) is 0.438. The highest BCUT2D eigenvalue weighted by atomic mass is 16.5.